The van der Waals surface area contributed by atoms with Crippen LogP contribution in [0, 0.1) is 12.7 Å². The molecule has 0 amide bonds. The molecule has 2 aromatic carbocycles. The number of benzene rings is 2. The van der Waals surface area contributed by atoms with Crippen LogP contribution in [0.3, 0.4) is 0 Å². The molecule has 0 fully saturated rings. The van der Waals surface area contributed by atoms with Gasteiger partial charge in [0.1, 0.15) is 12.4 Å². The first kappa shape index (κ1) is 17.1. The number of carbonyl (C=O) groups excluding carboxylic acids is 1. The average molecular weight is 361 g/mol. The van der Waals surface area contributed by atoms with Crippen molar-refractivity contribution < 1.29 is 13.9 Å². The largest absolute Gasteiger partial charge is 0.461 e. The Morgan fingerprint density at radius 1 is 1.36 bits per heavy atom. The van der Waals surface area contributed by atoms with Crippen molar-refractivity contribution in [3.63, 3.8) is 0 Å². The van der Waals surface area contributed by atoms with Crippen LogP contribution in [0.2, 0.25) is 5.02 Å². The highest BCUT2D eigenvalue weighted by atomic mass is 35.5. The molecular weight excluding hydrogens is 347 g/mol. The highest BCUT2D eigenvalue weighted by Gasteiger charge is 2.16. The summed E-state index contributed by atoms with van der Waals surface area (Å²) < 4.78 is 20.4. The van der Waals surface area contributed by atoms with Crippen molar-refractivity contribution >= 4 is 28.3 Å². The topological polar surface area (TPSA) is 61.2 Å². The summed E-state index contributed by atoms with van der Waals surface area (Å²) in [5.41, 5.74) is 0.838. The van der Waals surface area contributed by atoms with Crippen LogP contribution in [0.4, 0.5) is 4.39 Å². The van der Waals surface area contributed by atoms with E-state index in [2.05, 4.69) is 5.10 Å². The van der Waals surface area contributed by atoms with E-state index in [9.17, 15) is 14.0 Å². The van der Waals surface area contributed by atoms with Gasteiger partial charge in [0.25, 0.3) is 5.56 Å². The van der Waals surface area contributed by atoms with Gasteiger partial charge in [-0.3, -0.25) is 9.59 Å². The lowest BCUT2D eigenvalue weighted by molar-refractivity contribution is -0.142. The minimum Gasteiger partial charge on any atom is -0.461 e. The third kappa shape index (κ3) is 3.25. The summed E-state index contributed by atoms with van der Waals surface area (Å²) in [6.07, 6.45) is 1.42. The van der Waals surface area contributed by atoms with E-state index in [0.29, 0.717) is 27.2 Å². The number of ether oxygens (including phenoxy) is 1. The number of aryl methyl sites for hydroxylation is 1. The molecule has 1 aromatic heterocycles. The van der Waals surface area contributed by atoms with Crippen molar-refractivity contribution in [1.82, 2.24) is 9.78 Å². The Hall–Kier alpha value is -2.73. The van der Waals surface area contributed by atoms with Gasteiger partial charge in [-0.05, 0) is 36.8 Å². The summed E-state index contributed by atoms with van der Waals surface area (Å²) in [5, 5.41) is 4.81. The normalized spacial score (nSPS) is 10.9. The molecule has 0 unspecified atom stereocenters. The Balaban J connectivity index is 2.24. The Morgan fingerprint density at radius 2 is 2.12 bits per heavy atom. The summed E-state index contributed by atoms with van der Waals surface area (Å²) in [6.45, 7) is 2.89. The third-order valence-corrected chi connectivity index (χ3v) is 4.08. The van der Waals surface area contributed by atoms with Crippen molar-refractivity contribution in [2.75, 3.05) is 0 Å². The van der Waals surface area contributed by atoms with Gasteiger partial charge in [-0.15, -0.1) is 0 Å². The summed E-state index contributed by atoms with van der Waals surface area (Å²) in [7, 11) is 0. The molecule has 128 valence electrons. The molecule has 1 heterocycles. The fourth-order valence-electron chi connectivity index (χ4n) is 2.61. The van der Waals surface area contributed by atoms with E-state index in [1.54, 1.807) is 31.2 Å². The van der Waals surface area contributed by atoms with Crippen LogP contribution < -0.4 is 5.56 Å². The highest BCUT2D eigenvalue weighted by molar-refractivity contribution is 6.31. The number of hydrogen-bond acceptors (Lipinski definition) is 4. The van der Waals surface area contributed by atoms with Crippen LogP contribution in [-0.4, -0.2) is 15.7 Å². The number of aromatic nitrogens is 2. The van der Waals surface area contributed by atoms with Gasteiger partial charge in [0.15, 0.2) is 0 Å². The fraction of sp³-hybridized carbons (Fsp3) is 0.167. The maximum Gasteiger partial charge on any atom is 0.302 e. The lowest BCUT2D eigenvalue weighted by atomic mass is 10.1. The average Bonchev–Trinajstić information content (AvgIpc) is 2.53. The molecule has 0 spiro atoms. The van der Waals surface area contributed by atoms with Crippen molar-refractivity contribution in [2.45, 2.75) is 20.5 Å². The minimum atomic E-state index is -0.611. The summed E-state index contributed by atoms with van der Waals surface area (Å²) in [5.74, 6) is -1.09. The molecule has 0 saturated heterocycles. The Kier molecular flexibility index (Phi) is 4.55. The smallest absolute Gasteiger partial charge is 0.302 e. The van der Waals surface area contributed by atoms with Crippen LogP contribution in [0.5, 0.6) is 0 Å². The molecule has 0 aliphatic rings. The molecule has 5 nitrogen and oxygen atoms in total. The summed E-state index contributed by atoms with van der Waals surface area (Å²) in [6, 6.07) is 7.84. The van der Waals surface area contributed by atoms with Crippen LogP contribution >= 0.6 is 11.6 Å². The van der Waals surface area contributed by atoms with Gasteiger partial charge < -0.3 is 4.74 Å². The number of halogens is 2. The van der Waals surface area contributed by atoms with Gasteiger partial charge in [-0.2, -0.15) is 9.78 Å². The van der Waals surface area contributed by atoms with Gasteiger partial charge in [0.05, 0.1) is 17.3 Å². The number of nitrogens with zero attached hydrogens (tertiary/aromatic N) is 2. The Morgan fingerprint density at radius 3 is 2.84 bits per heavy atom. The van der Waals surface area contributed by atoms with Gasteiger partial charge in [-0.25, -0.2) is 4.39 Å². The van der Waals surface area contributed by atoms with Gasteiger partial charge in [-0.1, -0.05) is 17.7 Å². The molecule has 3 rings (SSSR count). The molecule has 7 heteroatoms. The second kappa shape index (κ2) is 6.64. The monoisotopic (exact) mass is 360 g/mol. The first-order chi connectivity index (χ1) is 11.9. The quantitative estimate of drug-likeness (QED) is 0.670. The van der Waals surface area contributed by atoms with Gasteiger partial charge in [0.2, 0.25) is 0 Å². The molecule has 0 atom stereocenters. The zero-order valence-corrected chi connectivity index (χ0v) is 14.3. The van der Waals surface area contributed by atoms with E-state index in [4.69, 9.17) is 16.3 Å². The Bertz CT molecular complexity index is 1050. The van der Waals surface area contributed by atoms with E-state index >= 15 is 0 Å². The van der Waals surface area contributed by atoms with Crippen molar-refractivity contribution in [3.05, 3.63) is 68.8 Å². The molecular formula is C18H14ClFN2O3. The lowest BCUT2D eigenvalue weighted by Gasteiger charge is -2.13. The SMILES string of the molecule is CC(=O)OCc1c(Cl)cccc1-n1ncc2cc(C)cc(F)c2c1=O. The van der Waals surface area contributed by atoms with Crippen LogP contribution in [0.1, 0.15) is 18.1 Å². The fourth-order valence-corrected chi connectivity index (χ4v) is 2.83. The minimum absolute atomic E-state index is 0.0565. The molecule has 0 saturated carbocycles. The molecule has 0 radical (unpaired) electrons. The van der Waals surface area contributed by atoms with E-state index in [0.717, 1.165) is 4.68 Å². The number of esters is 1. The highest BCUT2D eigenvalue weighted by Crippen LogP contribution is 2.24. The number of carbonyl (C=O) groups is 1. The molecule has 0 aliphatic carbocycles. The summed E-state index contributed by atoms with van der Waals surface area (Å²) >= 11 is 6.18. The molecule has 3 aromatic rings. The molecule has 0 aliphatic heterocycles. The predicted octanol–water partition coefficient (Wildman–Crippen LogP) is 3.55. The zero-order chi connectivity index (χ0) is 18.1. The first-order valence-corrected chi connectivity index (χ1v) is 7.85. The Labute approximate surface area is 147 Å². The lowest BCUT2D eigenvalue weighted by Crippen LogP contribution is -2.23. The van der Waals surface area contributed by atoms with Crippen LogP contribution in [0.25, 0.3) is 16.5 Å². The second-order valence-corrected chi connectivity index (χ2v) is 6.00. The second-order valence-electron chi connectivity index (χ2n) is 5.59. The van der Waals surface area contributed by atoms with E-state index in [-0.39, 0.29) is 12.0 Å². The van der Waals surface area contributed by atoms with Gasteiger partial charge in [0, 0.05) is 22.9 Å². The van der Waals surface area contributed by atoms with Gasteiger partial charge >= 0.3 is 5.97 Å². The molecule has 25 heavy (non-hydrogen) atoms. The predicted molar refractivity (Wildman–Crippen MR) is 92.5 cm³/mol. The van der Waals surface area contributed by atoms with Crippen molar-refractivity contribution in [2.24, 2.45) is 0 Å². The van der Waals surface area contributed by atoms with E-state index < -0.39 is 17.3 Å². The first-order valence-electron chi connectivity index (χ1n) is 7.48. The van der Waals surface area contributed by atoms with Crippen LogP contribution in [-0.2, 0) is 16.1 Å². The van der Waals surface area contributed by atoms with E-state index in [1.165, 1.54) is 19.2 Å². The third-order valence-electron chi connectivity index (χ3n) is 3.73. The van der Waals surface area contributed by atoms with Crippen molar-refractivity contribution in [1.29, 1.82) is 0 Å². The number of rotatable bonds is 3. The number of fused-ring (bicyclic) bond motifs is 1. The zero-order valence-electron chi connectivity index (χ0n) is 13.5. The molecule has 0 N–H and O–H groups in total. The van der Waals surface area contributed by atoms with Crippen LogP contribution in [0.15, 0.2) is 41.3 Å². The standard InChI is InChI=1S/C18H14ClFN2O3/c1-10-6-12-8-21-22(18(24)17(12)15(20)7-10)16-5-3-4-14(19)13(16)9-25-11(2)23/h3-8H,9H2,1-2H3. The van der Waals surface area contributed by atoms with E-state index in [1.807, 2.05) is 0 Å². The maximum atomic E-state index is 14.3. The number of hydrogen-bond donors (Lipinski definition) is 0. The molecule has 0 bridgehead atoms. The maximum absolute atomic E-state index is 14.3. The van der Waals surface area contributed by atoms with Crippen molar-refractivity contribution in [3.8, 4) is 5.69 Å². The summed E-state index contributed by atoms with van der Waals surface area (Å²) in [4.78, 5) is 23.9.